The first kappa shape index (κ1) is 24.8. The van der Waals surface area contributed by atoms with Crippen LogP contribution in [-0.4, -0.2) is 34.7 Å². The third-order valence-electron chi connectivity index (χ3n) is 6.66. The second-order valence-corrected chi connectivity index (χ2v) is 14.6. The zero-order chi connectivity index (χ0) is 22.5. The van der Waals surface area contributed by atoms with Gasteiger partial charge in [-0.1, -0.05) is 33.6 Å². The number of ether oxygens (including phenoxy) is 3. The molecule has 1 saturated carbocycles. The molecule has 1 aromatic carbocycles. The van der Waals surface area contributed by atoms with Crippen molar-refractivity contribution < 1.29 is 18.6 Å². The van der Waals surface area contributed by atoms with Crippen molar-refractivity contribution in [3.8, 4) is 23.8 Å². The Morgan fingerprint density at radius 2 is 1.63 bits per heavy atom. The van der Waals surface area contributed by atoms with Gasteiger partial charge in [-0.2, -0.15) is 0 Å². The van der Waals surface area contributed by atoms with Crippen LogP contribution in [-0.2, 0) is 9.16 Å². The maximum atomic E-state index is 6.96. The van der Waals surface area contributed by atoms with E-state index in [0.29, 0.717) is 6.42 Å². The molecule has 30 heavy (non-hydrogen) atoms. The number of terminal acetylenes is 1. The van der Waals surface area contributed by atoms with E-state index in [4.69, 9.17) is 25.1 Å². The van der Waals surface area contributed by atoms with Crippen molar-refractivity contribution in [2.45, 2.75) is 96.2 Å². The highest BCUT2D eigenvalue weighted by molar-refractivity contribution is 6.74. The van der Waals surface area contributed by atoms with E-state index in [2.05, 4.69) is 51.9 Å². The summed E-state index contributed by atoms with van der Waals surface area (Å²) < 4.78 is 24.8. The number of benzene rings is 1. The summed E-state index contributed by atoms with van der Waals surface area (Å²) in [7, 11) is 1.27. The smallest absolute Gasteiger partial charge is 0.193 e. The molecule has 5 heteroatoms. The summed E-state index contributed by atoms with van der Waals surface area (Å²) >= 11 is 0. The van der Waals surface area contributed by atoms with Crippen LogP contribution in [0.4, 0.5) is 0 Å². The van der Waals surface area contributed by atoms with Gasteiger partial charge in [0.2, 0.25) is 0 Å². The SMILES string of the molecule is C#CC[C@H](OC1CCCC1)[C@H](O[Si](C)(C)C(C)(C)C)c1cc(OC)c(C)c(OC)c1. The molecule has 1 aromatic rings. The van der Waals surface area contributed by atoms with Crippen molar-refractivity contribution in [1.82, 2.24) is 0 Å². The van der Waals surface area contributed by atoms with Gasteiger partial charge in [0.15, 0.2) is 8.32 Å². The van der Waals surface area contributed by atoms with Gasteiger partial charge in [0, 0.05) is 12.0 Å². The molecule has 0 spiro atoms. The van der Waals surface area contributed by atoms with Crippen LogP contribution in [0.5, 0.6) is 11.5 Å². The molecule has 4 nitrogen and oxygen atoms in total. The van der Waals surface area contributed by atoms with E-state index in [1.165, 1.54) is 12.8 Å². The molecule has 1 fully saturated rings. The molecule has 0 unspecified atom stereocenters. The molecule has 1 aliphatic carbocycles. The van der Waals surface area contributed by atoms with Gasteiger partial charge in [0.05, 0.1) is 32.5 Å². The van der Waals surface area contributed by atoms with E-state index in [1.54, 1.807) is 14.2 Å². The van der Waals surface area contributed by atoms with Crippen molar-refractivity contribution in [3.05, 3.63) is 23.3 Å². The van der Waals surface area contributed by atoms with Crippen LogP contribution in [0, 0.1) is 19.3 Å². The van der Waals surface area contributed by atoms with Crippen molar-refractivity contribution in [2.75, 3.05) is 14.2 Å². The van der Waals surface area contributed by atoms with Gasteiger partial charge in [0.1, 0.15) is 11.5 Å². The summed E-state index contributed by atoms with van der Waals surface area (Å²) in [5, 5.41) is 0.0676. The topological polar surface area (TPSA) is 36.9 Å². The first-order valence-electron chi connectivity index (χ1n) is 11.0. The Bertz CT molecular complexity index is 713. The lowest BCUT2D eigenvalue weighted by molar-refractivity contribution is -0.0682. The molecule has 0 amide bonds. The van der Waals surface area contributed by atoms with Crippen LogP contribution in [0.3, 0.4) is 0 Å². The summed E-state index contributed by atoms with van der Waals surface area (Å²) in [5.41, 5.74) is 1.97. The molecule has 168 valence electrons. The Balaban J connectivity index is 2.52. The highest BCUT2D eigenvalue weighted by Crippen LogP contribution is 2.43. The number of methoxy groups -OCH3 is 2. The van der Waals surface area contributed by atoms with Crippen molar-refractivity contribution in [2.24, 2.45) is 0 Å². The zero-order valence-electron chi connectivity index (χ0n) is 20.1. The Kier molecular flexibility index (Phi) is 8.44. The van der Waals surface area contributed by atoms with Crippen LogP contribution >= 0.6 is 0 Å². The van der Waals surface area contributed by atoms with E-state index in [1.807, 2.05) is 6.92 Å². The maximum absolute atomic E-state index is 6.96. The average Bonchev–Trinajstić information content (AvgIpc) is 3.18. The molecule has 1 aliphatic rings. The molecule has 0 aliphatic heterocycles. The fraction of sp³-hybridized carbons (Fsp3) is 0.680. The number of hydrogen-bond donors (Lipinski definition) is 0. The predicted octanol–water partition coefficient (Wildman–Crippen LogP) is 6.43. The third kappa shape index (κ3) is 5.81. The molecular weight excluding hydrogens is 392 g/mol. The number of hydrogen-bond acceptors (Lipinski definition) is 4. The van der Waals surface area contributed by atoms with Crippen LogP contribution in [0.25, 0.3) is 0 Å². The summed E-state index contributed by atoms with van der Waals surface area (Å²) in [6.45, 7) is 13.3. The lowest BCUT2D eigenvalue weighted by Gasteiger charge is -2.42. The Morgan fingerprint density at radius 1 is 1.10 bits per heavy atom. The first-order valence-corrected chi connectivity index (χ1v) is 13.9. The van der Waals surface area contributed by atoms with Crippen LogP contribution in [0.2, 0.25) is 18.1 Å². The second kappa shape index (κ2) is 10.2. The third-order valence-corrected chi connectivity index (χ3v) is 11.1. The fourth-order valence-corrected chi connectivity index (χ4v) is 5.01. The van der Waals surface area contributed by atoms with Crippen LogP contribution in [0.1, 0.15) is 70.1 Å². The standard InChI is InChI=1S/C25H40O4Si/c1-10-13-21(28-20-14-11-12-15-20)24(29-30(8,9)25(3,4)5)19-16-22(26-6)18(2)23(17-19)27-7/h1,16-17,20-21,24H,11-15H2,2-9H3/t21-,24+/m0/s1. The molecule has 2 rings (SSSR count). The first-order chi connectivity index (χ1) is 14.0. The minimum atomic E-state index is -2.10. The van der Waals surface area contributed by atoms with Gasteiger partial charge in [0.25, 0.3) is 0 Å². The van der Waals surface area contributed by atoms with Gasteiger partial charge in [-0.15, -0.1) is 12.3 Å². The van der Waals surface area contributed by atoms with Gasteiger partial charge in [-0.3, -0.25) is 0 Å². The van der Waals surface area contributed by atoms with Gasteiger partial charge >= 0.3 is 0 Å². The minimum absolute atomic E-state index is 0.0676. The largest absolute Gasteiger partial charge is 0.496 e. The van der Waals surface area contributed by atoms with E-state index in [-0.39, 0.29) is 23.4 Å². The average molecular weight is 433 g/mol. The molecular formula is C25H40O4Si. The lowest BCUT2D eigenvalue weighted by atomic mass is 9.99. The Morgan fingerprint density at radius 3 is 2.07 bits per heavy atom. The molecule has 0 aromatic heterocycles. The van der Waals surface area contributed by atoms with Gasteiger partial charge in [-0.25, -0.2) is 0 Å². The summed E-state index contributed by atoms with van der Waals surface area (Å²) in [5.74, 6) is 4.40. The quantitative estimate of drug-likeness (QED) is 0.333. The number of rotatable bonds is 9. The highest BCUT2D eigenvalue weighted by Gasteiger charge is 2.42. The van der Waals surface area contributed by atoms with E-state index in [9.17, 15) is 0 Å². The molecule has 0 radical (unpaired) electrons. The summed E-state index contributed by atoms with van der Waals surface area (Å²) in [6, 6.07) is 4.11. The zero-order valence-corrected chi connectivity index (χ0v) is 21.1. The molecule has 0 bridgehead atoms. The highest BCUT2D eigenvalue weighted by atomic mass is 28.4. The monoisotopic (exact) mass is 432 g/mol. The van der Waals surface area contributed by atoms with Gasteiger partial charge < -0.3 is 18.6 Å². The normalized spacial score (nSPS) is 17.4. The molecule has 0 heterocycles. The summed E-state index contributed by atoms with van der Waals surface area (Å²) in [4.78, 5) is 0. The minimum Gasteiger partial charge on any atom is -0.496 e. The second-order valence-electron chi connectivity index (χ2n) is 9.84. The van der Waals surface area contributed by atoms with E-state index in [0.717, 1.165) is 35.5 Å². The van der Waals surface area contributed by atoms with E-state index < -0.39 is 8.32 Å². The summed E-state index contributed by atoms with van der Waals surface area (Å²) in [6.07, 6.45) is 10.7. The molecule has 0 N–H and O–H groups in total. The molecule has 0 saturated heterocycles. The Hall–Kier alpha value is -1.48. The van der Waals surface area contributed by atoms with E-state index >= 15 is 0 Å². The van der Waals surface area contributed by atoms with Crippen molar-refractivity contribution >= 4 is 8.32 Å². The predicted molar refractivity (Wildman–Crippen MR) is 126 cm³/mol. The molecule has 2 atom stereocenters. The van der Waals surface area contributed by atoms with Crippen LogP contribution in [0.15, 0.2) is 12.1 Å². The van der Waals surface area contributed by atoms with Gasteiger partial charge in [-0.05, 0) is 55.6 Å². The van der Waals surface area contributed by atoms with Crippen LogP contribution < -0.4 is 9.47 Å². The maximum Gasteiger partial charge on any atom is 0.193 e. The Labute approximate surface area is 184 Å². The van der Waals surface area contributed by atoms with Crippen molar-refractivity contribution in [3.63, 3.8) is 0 Å². The lowest BCUT2D eigenvalue weighted by Crippen LogP contribution is -2.44. The fourth-order valence-electron chi connectivity index (χ4n) is 3.74. The van der Waals surface area contributed by atoms with Crippen molar-refractivity contribution in [1.29, 1.82) is 0 Å².